The van der Waals surface area contributed by atoms with E-state index in [0.29, 0.717) is 12.0 Å². The minimum atomic E-state index is 0.387. The van der Waals surface area contributed by atoms with Crippen LogP contribution in [0.15, 0.2) is 18.3 Å². The van der Waals surface area contributed by atoms with Crippen LogP contribution in [0.2, 0.25) is 0 Å². The lowest BCUT2D eigenvalue weighted by Crippen LogP contribution is -2.18. The van der Waals surface area contributed by atoms with E-state index in [1.165, 1.54) is 0 Å². The molecule has 0 fully saturated rings. The highest BCUT2D eigenvalue weighted by molar-refractivity contribution is 7.99. The first kappa shape index (κ1) is 12.2. The van der Waals surface area contributed by atoms with Crippen molar-refractivity contribution in [3.05, 3.63) is 23.9 Å². The summed E-state index contributed by atoms with van der Waals surface area (Å²) in [4.78, 5) is 4.49. The van der Waals surface area contributed by atoms with Gasteiger partial charge in [0.05, 0.1) is 0 Å². The van der Waals surface area contributed by atoms with Gasteiger partial charge in [-0.05, 0) is 31.2 Å². The third-order valence-corrected chi connectivity index (χ3v) is 3.65. The van der Waals surface area contributed by atoms with E-state index in [-0.39, 0.29) is 0 Å². The first-order chi connectivity index (χ1) is 8.20. The third kappa shape index (κ3) is 2.91. The number of thioether (sulfide) groups is 1. The molecule has 0 radical (unpaired) electrons. The monoisotopic (exact) mass is 250 g/mol. The molecule has 1 atom stereocenters. The number of aryl methyl sites for hydroxylation is 1. The Labute approximate surface area is 106 Å². The molecule has 2 rings (SSSR count). The molecule has 4 nitrogen and oxygen atoms in total. The quantitative estimate of drug-likeness (QED) is 0.885. The van der Waals surface area contributed by atoms with Gasteiger partial charge in [-0.1, -0.05) is 13.0 Å². The smallest absolute Gasteiger partial charge is 0.243 e. The van der Waals surface area contributed by atoms with Gasteiger partial charge in [-0.2, -0.15) is 16.7 Å². The summed E-state index contributed by atoms with van der Waals surface area (Å²) in [5.41, 5.74) is 2.06. The summed E-state index contributed by atoms with van der Waals surface area (Å²) < 4.78 is 1.82. The minimum Gasteiger partial charge on any atom is -0.350 e. The van der Waals surface area contributed by atoms with E-state index >= 15 is 0 Å². The Kier molecular flexibility index (Phi) is 3.89. The van der Waals surface area contributed by atoms with Crippen molar-refractivity contribution in [2.24, 2.45) is 0 Å². The molecule has 0 saturated heterocycles. The van der Waals surface area contributed by atoms with E-state index in [1.54, 1.807) is 0 Å². The second kappa shape index (κ2) is 5.40. The summed E-state index contributed by atoms with van der Waals surface area (Å²) in [5.74, 6) is 2.93. The van der Waals surface area contributed by atoms with E-state index in [9.17, 15) is 0 Å². The van der Waals surface area contributed by atoms with Crippen LogP contribution >= 0.6 is 11.8 Å². The molecule has 0 aliphatic carbocycles. The predicted octanol–water partition coefficient (Wildman–Crippen LogP) is 2.59. The Morgan fingerprint density at radius 2 is 2.35 bits per heavy atom. The molecular formula is C12H18N4S. The van der Waals surface area contributed by atoms with E-state index in [0.717, 1.165) is 22.7 Å². The summed E-state index contributed by atoms with van der Waals surface area (Å²) in [6.45, 7) is 6.37. The average Bonchev–Trinajstić information content (AvgIpc) is 2.70. The lowest BCUT2D eigenvalue weighted by atomic mass is 10.3. The van der Waals surface area contributed by atoms with Gasteiger partial charge in [0.15, 0.2) is 5.65 Å². The van der Waals surface area contributed by atoms with Crippen molar-refractivity contribution in [1.29, 1.82) is 0 Å². The highest BCUT2D eigenvalue weighted by Crippen LogP contribution is 2.11. The average molecular weight is 250 g/mol. The van der Waals surface area contributed by atoms with Crippen molar-refractivity contribution in [2.45, 2.75) is 26.8 Å². The number of nitrogens with one attached hydrogen (secondary N) is 1. The summed E-state index contributed by atoms with van der Waals surface area (Å²) in [6, 6.07) is 4.42. The van der Waals surface area contributed by atoms with Crippen LogP contribution in [0.1, 0.15) is 19.4 Å². The zero-order valence-corrected chi connectivity index (χ0v) is 11.3. The number of hydrogen-bond donors (Lipinski definition) is 1. The summed E-state index contributed by atoms with van der Waals surface area (Å²) in [7, 11) is 0. The molecule has 17 heavy (non-hydrogen) atoms. The van der Waals surface area contributed by atoms with Gasteiger partial charge < -0.3 is 5.32 Å². The van der Waals surface area contributed by atoms with Crippen LogP contribution in [-0.2, 0) is 0 Å². The normalized spacial score (nSPS) is 12.9. The van der Waals surface area contributed by atoms with Crippen molar-refractivity contribution in [2.75, 3.05) is 16.8 Å². The molecule has 1 N–H and O–H groups in total. The van der Waals surface area contributed by atoms with Gasteiger partial charge in [-0.3, -0.25) is 0 Å². The Hall–Kier alpha value is -1.23. The van der Waals surface area contributed by atoms with Crippen molar-refractivity contribution in [3.63, 3.8) is 0 Å². The molecule has 5 heteroatoms. The molecular weight excluding hydrogens is 232 g/mol. The number of anilines is 1. The topological polar surface area (TPSA) is 42.2 Å². The van der Waals surface area contributed by atoms with E-state index in [1.807, 2.05) is 41.5 Å². The number of rotatable bonds is 5. The van der Waals surface area contributed by atoms with Gasteiger partial charge in [-0.15, -0.1) is 5.10 Å². The molecule has 0 amide bonds. The molecule has 0 spiro atoms. The molecule has 0 bridgehead atoms. The Morgan fingerprint density at radius 3 is 3.06 bits per heavy atom. The first-order valence-corrected chi connectivity index (χ1v) is 7.02. The van der Waals surface area contributed by atoms with Gasteiger partial charge in [0, 0.05) is 18.0 Å². The fraction of sp³-hybridized carbons (Fsp3) is 0.500. The fourth-order valence-corrected chi connectivity index (χ4v) is 2.33. The number of pyridine rings is 1. The SMILES string of the molecule is CCSCC(C)Nc1nc2c(C)cccn2n1. The molecule has 2 aromatic rings. The number of fused-ring (bicyclic) bond motifs is 1. The minimum absolute atomic E-state index is 0.387. The van der Waals surface area contributed by atoms with Crippen molar-refractivity contribution >= 4 is 23.4 Å². The Bertz CT molecular complexity index is 494. The number of aromatic nitrogens is 3. The molecule has 0 aliphatic heterocycles. The molecule has 2 heterocycles. The van der Waals surface area contributed by atoms with Crippen molar-refractivity contribution in [3.8, 4) is 0 Å². The van der Waals surface area contributed by atoms with E-state index in [2.05, 4.69) is 29.2 Å². The van der Waals surface area contributed by atoms with Gasteiger partial charge in [-0.25, -0.2) is 4.52 Å². The molecule has 92 valence electrons. The van der Waals surface area contributed by atoms with Crippen LogP contribution in [-0.4, -0.2) is 32.1 Å². The molecule has 0 aromatic carbocycles. The maximum atomic E-state index is 4.49. The van der Waals surface area contributed by atoms with Gasteiger partial charge in [0.2, 0.25) is 5.95 Å². The zero-order chi connectivity index (χ0) is 12.3. The van der Waals surface area contributed by atoms with Crippen LogP contribution in [0, 0.1) is 6.92 Å². The molecule has 0 aliphatic rings. The second-order valence-corrected chi connectivity index (χ2v) is 5.42. The summed E-state index contributed by atoms with van der Waals surface area (Å²) >= 11 is 1.92. The van der Waals surface area contributed by atoms with Gasteiger partial charge in [0.1, 0.15) is 0 Å². The Balaban J connectivity index is 2.11. The van der Waals surface area contributed by atoms with E-state index < -0.39 is 0 Å². The van der Waals surface area contributed by atoms with Crippen LogP contribution in [0.25, 0.3) is 5.65 Å². The molecule has 0 saturated carbocycles. The summed E-state index contributed by atoms with van der Waals surface area (Å²) in [5, 5.41) is 7.74. The van der Waals surface area contributed by atoms with E-state index in [4.69, 9.17) is 0 Å². The maximum absolute atomic E-state index is 4.49. The fourth-order valence-electron chi connectivity index (χ4n) is 1.66. The second-order valence-electron chi connectivity index (χ2n) is 4.10. The first-order valence-electron chi connectivity index (χ1n) is 5.87. The zero-order valence-electron chi connectivity index (χ0n) is 10.5. The Morgan fingerprint density at radius 1 is 1.53 bits per heavy atom. The van der Waals surface area contributed by atoms with Crippen LogP contribution < -0.4 is 5.32 Å². The largest absolute Gasteiger partial charge is 0.350 e. The van der Waals surface area contributed by atoms with Gasteiger partial charge in [0.25, 0.3) is 0 Å². The van der Waals surface area contributed by atoms with Gasteiger partial charge >= 0.3 is 0 Å². The lowest BCUT2D eigenvalue weighted by molar-refractivity contribution is 0.874. The number of nitrogens with zero attached hydrogens (tertiary/aromatic N) is 3. The highest BCUT2D eigenvalue weighted by atomic mass is 32.2. The third-order valence-electron chi connectivity index (χ3n) is 2.50. The number of hydrogen-bond acceptors (Lipinski definition) is 4. The van der Waals surface area contributed by atoms with Crippen LogP contribution in [0.4, 0.5) is 5.95 Å². The highest BCUT2D eigenvalue weighted by Gasteiger charge is 2.08. The maximum Gasteiger partial charge on any atom is 0.243 e. The van der Waals surface area contributed by atoms with Crippen LogP contribution in [0.3, 0.4) is 0 Å². The standard InChI is InChI=1S/C12H18N4S/c1-4-17-8-10(3)13-12-14-11-9(2)6-5-7-16(11)15-12/h5-7,10H,4,8H2,1-3H3,(H,13,15). The lowest BCUT2D eigenvalue weighted by Gasteiger charge is -2.10. The van der Waals surface area contributed by atoms with Crippen molar-refractivity contribution < 1.29 is 0 Å². The summed E-state index contributed by atoms with van der Waals surface area (Å²) in [6.07, 6.45) is 1.92. The molecule has 2 aromatic heterocycles. The van der Waals surface area contributed by atoms with Crippen molar-refractivity contribution in [1.82, 2.24) is 14.6 Å². The molecule has 1 unspecified atom stereocenters. The van der Waals surface area contributed by atoms with Crippen LogP contribution in [0.5, 0.6) is 0 Å². The predicted molar refractivity (Wildman–Crippen MR) is 73.8 cm³/mol.